The molecule has 1 N–H and O–H groups in total. The summed E-state index contributed by atoms with van der Waals surface area (Å²) in [6.07, 6.45) is -0.133. The van der Waals surface area contributed by atoms with Crippen molar-refractivity contribution in [1.82, 2.24) is 0 Å². The molecule has 64 valence electrons. The van der Waals surface area contributed by atoms with Gasteiger partial charge in [0, 0.05) is 6.42 Å². The van der Waals surface area contributed by atoms with Crippen molar-refractivity contribution in [3.63, 3.8) is 0 Å². The lowest BCUT2D eigenvalue weighted by molar-refractivity contribution is -0.139. The van der Waals surface area contributed by atoms with Crippen LogP contribution in [0, 0.1) is 0 Å². The highest BCUT2D eigenvalue weighted by Gasteiger charge is 2.25. The van der Waals surface area contributed by atoms with Crippen LogP contribution in [0.4, 0.5) is 4.39 Å². The van der Waals surface area contributed by atoms with E-state index in [0.717, 1.165) is 0 Å². The maximum absolute atomic E-state index is 12.8. The van der Waals surface area contributed by atoms with Crippen molar-refractivity contribution in [2.75, 3.05) is 0 Å². The molecule has 0 aliphatic rings. The second kappa shape index (κ2) is 3.46. The van der Waals surface area contributed by atoms with Crippen LogP contribution in [0.2, 0.25) is 0 Å². The number of alkyl halides is 1. The van der Waals surface area contributed by atoms with Crippen molar-refractivity contribution >= 4 is 12.7 Å². The predicted molar refractivity (Wildman–Crippen MR) is 40.8 cm³/mol. The fourth-order valence-electron chi connectivity index (χ4n) is 0.690. The summed E-state index contributed by atoms with van der Waals surface area (Å²) in [5.74, 6) is -1.13. The topological polar surface area (TPSA) is 49.7 Å². The average Bonchev–Trinajstić information content (AvgIpc) is 1.80. The van der Waals surface area contributed by atoms with E-state index in [4.69, 9.17) is 5.11 Å². The van der Waals surface area contributed by atoms with E-state index in [9.17, 15) is 9.18 Å². The Morgan fingerprint density at radius 3 is 2.36 bits per heavy atom. The van der Waals surface area contributed by atoms with Crippen molar-refractivity contribution in [3.8, 4) is 0 Å². The third kappa shape index (κ3) is 4.47. The molecule has 0 bridgehead atoms. The molecule has 3 nitrogen and oxygen atoms in total. The van der Waals surface area contributed by atoms with E-state index in [1.54, 1.807) is 0 Å². The molecule has 4 heteroatoms. The highest BCUT2D eigenvalue weighted by atomic mass is 19.1. The van der Waals surface area contributed by atoms with E-state index in [1.807, 2.05) is 0 Å². The monoisotopic (exact) mass is 161 g/mol. The molecule has 0 aromatic carbocycles. The lowest BCUT2D eigenvalue weighted by atomic mass is 10.0. The molecule has 11 heavy (non-hydrogen) atoms. The molecular weight excluding hydrogens is 149 g/mol. The molecule has 0 heterocycles. The van der Waals surface area contributed by atoms with Gasteiger partial charge in [-0.3, -0.25) is 4.99 Å². The van der Waals surface area contributed by atoms with Gasteiger partial charge in [0.25, 0.3) is 0 Å². The van der Waals surface area contributed by atoms with Crippen LogP contribution in [-0.4, -0.2) is 29.5 Å². The average molecular weight is 161 g/mol. The van der Waals surface area contributed by atoms with Gasteiger partial charge in [0.1, 0.15) is 11.7 Å². The van der Waals surface area contributed by atoms with Gasteiger partial charge in [0.2, 0.25) is 0 Å². The number of halogens is 1. The lowest BCUT2D eigenvalue weighted by Gasteiger charge is -2.16. The quantitative estimate of drug-likeness (QED) is 0.631. The van der Waals surface area contributed by atoms with Gasteiger partial charge in [0.15, 0.2) is 0 Å². The van der Waals surface area contributed by atoms with Gasteiger partial charge in [-0.05, 0) is 20.6 Å². The summed E-state index contributed by atoms with van der Waals surface area (Å²) in [5.41, 5.74) is -1.51. The third-order valence-electron chi connectivity index (χ3n) is 1.18. The summed E-state index contributed by atoms with van der Waals surface area (Å²) in [7, 11) is 0. The molecule has 0 saturated carbocycles. The molecule has 0 rings (SSSR count). The maximum Gasteiger partial charge on any atom is 0.328 e. The highest BCUT2D eigenvalue weighted by molar-refractivity contribution is 5.74. The predicted octanol–water partition coefficient (Wildman–Crippen LogP) is 1.28. The maximum atomic E-state index is 12.8. The van der Waals surface area contributed by atoms with Crippen LogP contribution in [-0.2, 0) is 4.79 Å². The van der Waals surface area contributed by atoms with Crippen molar-refractivity contribution < 1.29 is 14.3 Å². The Bertz CT molecular complexity index is 162. The van der Waals surface area contributed by atoms with Gasteiger partial charge in [0.05, 0.1) is 0 Å². The summed E-state index contributed by atoms with van der Waals surface area (Å²) in [6.45, 7) is 5.70. The summed E-state index contributed by atoms with van der Waals surface area (Å²) in [4.78, 5) is 13.6. The zero-order valence-electron chi connectivity index (χ0n) is 6.67. The van der Waals surface area contributed by atoms with E-state index in [-0.39, 0.29) is 6.42 Å². The first kappa shape index (κ1) is 10.1. The van der Waals surface area contributed by atoms with E-state index >= 15 is 0 Å². The number of carboxylic acid groups (broad SMARTS) is 1. The molecular formula is C7H12FNO2. The summed E-state index contributed by atoms with van der Waals surface area (Å²) >= 11 is 0. The highest BCUT2D eigenvalue weighted by Crippen LogP contribution is 2.17. The van der Waals surface area contributed by atoms with Crippen LogP contribution in [0.1, 0.15) is 20.3 Å². The SMILES string of the molecule is C=NC(CC(C)(C)F)C(=O)O. The Kier molecular flexibility index (Phi) is 3.17. The van der Waals surface area contributed by atoms with Crippen LogP contribution in [0.3, 0.4) is 0 Å². The van der Waals surface area contributed by atoms with Gasteiger partial charge in [-0.1, -0.05) is 0 Å². The summed E-state index contributed by atoms with van der Waals surface area (Å²) < 4.78 is 12.8. The smallest absolute Gasteiger partial charge is 0.328 e. The molecule has 0 aliphatic heterocycles. The normalized spacial score (nSPS) is 14.1. The van der Waals surface area contributed by atoms with Gasteiger partial charge in [-0.2, -0.15) is 0 Å². The molecule has 0 fully saturated rings. The Morgan fingerprint density at radius 2 is 2.27 bits per heavy atom. The second-order valence-corrected chi connectivity index (χ2v) is 2.96. The summed E-state index contributed by atoms with van der Waals surface area (Å²) in [5, 5.41) is 8.44. The molecule has 0 radical (unpaired) electrons. The van der Waals surface area contributed by atoms with E-state index in [0.29, 0.717) is 0 Å². The van der Waals surface area contributed by atoms with Gasteiger partial charge in [-0.15, -0.1) is 0 Å². The largest absolute Gasteiger partial charge is 0.480 e. The molecule has 0 aromatic heterocycles. The number of rotatable bonds is 4. The molecule has 0 spiro atoms. The van der Waals surface area contributed by atoms with Crippen LogP contribution >= 0.6 is 0 Å². The summed E-state index contributed by atoms with van der Waals surface area (Å²) in [6, 6.07) is -1.03. The lowest BCUT2D eigenvalue weighted by Crippen LogP contribution is -2.26. The number of hydrogen-bond acceptors (Lipinski definition) is 2. The first-order valence-electron chi connectivity index (χ1n) is 3.24. The zero-order valence-corrected chi connectivity index (χ0v) is 6.67. The van der Waals surface area contributed by atoms with E-state index < -0.39 is 17.7 Å². The van der Waals surface area contributed by atoms with Crippen molar-refractivity contribution in [3.05, 3.63) is 0 Å². The van der Waals surface area contributed by atoms with Gasteiger partial charge < -0.3 is 5.11 Å². The van der Waals surface area contributed by atoms with Crippen LogP contribution in [0.25, 0.3) is 0 Å². The Balaban J connectivity index is 4.10. The van der Waals surface area contributed by atoms with Crippen molar-refractivity contribution in [2.24, 2.45) is 4.99 Å². The van der Waals surface area contributed by atoms with Gasteiger partial charge in [-0.25, -0.2) is 9.18 Å². The number of nitrogens with zero attached hydrogens (tertiary/aromatic N) is 1. The fourth-order valence-corrected chi connectivity index (χ4v) is 0.690. The van der Waals surface area contributed by atoms with Crippen molar-refractivity contribution in [2.45, 2.75) is 32.0 Å². The standard InChI is InChI=1S/C7H12FNO2/c1-7(2,8)4-5(9-3)6(10)11/h5H,3-4H2,1-2H3,(H,10,11). The van der Waals surface area contributed by atoms with Crippen LogP contribution in [0.5, 0.6) is 0 Å². The number of hydrogen-bond donors (Lipinski definition) is 1. The number of carboxylic acids is 1. The molecule has 0 saturated heterocycles. The second-order valence-electron chi connectivity index (χ2n) is 2.96. The minimum absolute atomic E-state index is 0.133. The Morgan fingerprint density at radius 1 is 1.82 bits per heavy atom. The zero-order chi connectivity index (χ0) is 9.07. The molecule has 0 aliphatic carbocycles. The molecule has 1 unspecified atom stereocenters. The Hall–Kier alpha value is -0.930. The van der Waals surface area contributed by atoms with Crippen LogP contribution in [0.15, 0.2) is 4.99 Å². The number of aliphatic imine (C=N–C) groups is 1. The molecule has 1 atom stereocenters. The number of carbonyl (C=O) groups is 1. The minimum atomic E-state index is -1.51. The Labute approximate surface area is 64.9 Å². The van der Waals surface area contributed by atoms with Crippen LogP contribution < -0.4 is 0 Å². The fraction of sp³-hybridized carbons (Fsp3) is 0.714. The van der Waals surface area contributed by atoms with Crippen molar-refractivity contribution in [1.29, 1.82) is 0 Å². The van der Waals surface area contributed by atoms with E-state index in [1.165, 1.54) is 13.8 Å². The minimum Gasteiger partial charge on any atom is -0.480 e. The first-order chi connectivity index (χ1) is 4.87. The molecule has 0 amide bonds. The van der Waals surface area contributed by atoms with Gasteiger partial charge >= 0.3 is 5.97 Å². The first-order valence-corrected chi connectivity index (χ1v) is 3.24. The third-order valence-corrected chi connectivity index (χ3v) is 1.18. The number of aliphatic carboxylic acids is 1. The van der Waals surface area contributed by atoms with E-state index in [2.05, 4.69) is 11.7 Å². The molecule has 0 aromatic rings.